The lowest BCUT2D eigenvalue weighted by Crippen LogP contribution is -2.58. The minimum atomic E-state index is -1.60. The average molecular weight is 351 g/mol. The number of halogens is 1. The highest BCUT2D eigenvalue weighted by Gasteiger charge is 2.47. The molecule has 7 heteroatoms. The molecule has 1 aliphatic heterocycles. The summed E-state index contributed by atoms with van der Waals surface area (Å²) in [6, 6.07) is 8.83. The number of hydrogen-bond donors (Lipinski definition) is 2. The van der Waals surface area contributed by atoms with Crippen molar-refractivity contribution in [2.24, 2.45) is 0 Å². The predicted molar refractivity (Wildman–Crippen MR) is 90.1 cm³/mol. The molecule has 0 saturated carbocycles. The molecule has 1 aromatic carbocycles. The zero-order valence-electron chi connectivity index (χ0n) is 12.4. The highest BCUT2D eigenvalue weighted by Crippen LogP contribution is 2.35. The number of benzene rings is 1. The molecular weight excluding hydrogens is 336 g/mol. The number of anilines is 1. The SMILES string of the molecule is CC1(C(=O)NCCc2cccs2)Oc2ccc(Cl)cc2NC1=O. The summed E-state index contributed by atoms with van der Waals surface area (Å²) in [7, 11) is 0. The minimum Gasteiger partial charge on any atom is -0.466 e. The normalized spacial score (nSPS) is 19.5. The van der Waals surface area contributed by atoms with Gasteiger partial charge in [0.05, 0.1) is 5.69 Å². The van der Waals surface area contributed by atoms with Crippen LogP contribution in [0.15, 0.2) is 35.7 Å². The Balaban J connectivity index is 1.69. The fourth-order valence-corrected chi connectivity index (χ4v) is 3.15. The Morgan fingerprint density at radius 1 is 1.43 bits per heavy atom. The van der Waals surface area contributed by atoms with Crippen molar-refractivity contribution < 1.29 is 14.3 Å². The maximum atomic E-state index is 12.4. The molecule has 23 heavy (non-hydrogen) atoms. The second-order valence-electron chi connectivity index (χ2n) is 5.32. The van der Waals surface area contributed by atoms with Crippen LogP contribution in [0.5, 0.6) is 5.75 Å². The lowest BCUT2D eigenvalue weighted by Gasteiger charge is -2.33. The van der Waals surface area contributed by atoms with Gasteiger partial charge in [-0.3, -0.25) is 9.59 Å². The van der Waals surface area contributed by atoms with E-state index in [1.165, 1.54) is 11.8 Å². The summed E-state index contributed by atoms with van der Waals surface area (Å²) < 4.78 is 5.66. The summed E-state index contributed by atoms with van der Waals surface area (Å²) in [6.45, 7) is 1.90. The minimum absolute atomic E-state index is 0.421. The van der Waals surface area contributed by atoms with Crippen LogP contribution in [0.3, 0.4) is 0 Å². The van der Waals surface area contributed by atoms with Gasteiger partial charge >= 0.3 is 0 Å². The van der Waals surface area contributed by atoms with Crippen molar-refractivity contribution >= 4 is 40.4 Å². The van der Waals surface area contributed by atoms with Crippen molar-refractivity contribution in [1.29, 1.82) is 0 Å². The standard InChI is InChI=1S/C16H15ClN2O3S/c1-16(14(20)18-7-6-11-3-2-8-23-11)15(21)19-12-9-10(17)4-5-13(12)22-16/h2-5,8-9H,6-7H2,1H3,(H,18,20)(H,19,21). The van der Waals surface area contributed by atoms with E-state index in [4.69, 9.17) is 16.3 Å². The molecule has 3 rings (SSSR count). The highest BCUT2D eigenvalue weighted by atomic mass is 35.5. The van der Waals surface area contributed by atoms with Crippen molar-refractivity contribution in [2.45, 2.75) is 18.9 Å². The van der Waals surface area contributed by atoms with E-state index in [9.17, 15) is 9.59 Å². The second-order valence-corrected chi connectivity index (χ2v) is 6.78. The monoisotopic (exact) mass is 350 g/mol. The molecule has 0 aliphatic carbocycles. The van der Waals surface area contributed by atoms with Crippen LogP contribution in [0, 0.1) is 0 Å². The number of amides is 2. The van der Waals surface area contributed by atoms with Gasteiger partial charge < -0.3 is 15.4 Å². The van der Waals surface area contributed by atoms with Gasteiger partial charge in [-0.25, -0.2) is 0 Å². The van der Waals surface area contributed by atoms with Crippen LogP contribution in [0.1, 0.15) is 11.8 Å². The van der Waals surface area contributed by atoms with E-state index in [2.05, 4.69) is 10.6 Å². The van der Waals surface area contributed by atoms with Gasteiger partial charge in [-0.15, -0.1) is 11.3 Å². The van der Waals surface area contributed by atoms with Gasteiger partial charge in [0.2, 0.25) is 0 Å². The lowest BCUT2D eigenvalue weighted by atomic mass is 10.0. The summed E-state index contributed by atoms with van der Waals surface area (Å²) in [5, 5.41) is 7.90. The summed E-state index contributed by atoms with van der Waals surface area (Å²) in [5.74, 6) is -0.557. The molecule has 0 radical (unpaired) electrons. The largest absolute Gasteiger partial charge is 0.466 e. The van der Waals surface area contributed by atoms with Crippen molar-refractivity contribution in [2.75, 3.05) is 11.9 Å². The van der Waals surface area contributed by atoms with Gasteiger partial charge in [0, 0.05) is 16.4 Å². The maximum absolute atomic E-state index is 12.4. The molecule has 0 saturated heterocycles. The van der Waals surface area contributed by atoms with Crippen LogP contribution in [0.25, 0.3) is 0 Å². The Labute approximate surface area is 142 Å². The van der Waals surface area contributed by atoms with E-state index in [0.29, 0.717) is 29.4 Å². The third-order valence-corrected chi connectivity index (χ3v) is 4.78. The van der Waals surface area contributed by atoms with Crippen LogP contribution >= 0.6 is 22.9 Å². The molecule has 5 nitrogen and oxygen atoms in total. The number of hydrogen-bond acceptors (Lipinski definition) is 4. The molecule has 0 fully saturated rings. The Morgan fingerprint density at radius 2 is 2.26 bits per heavy atom. The summed E-state index contributed by atoms with van der Waals surface area (Å²) in [6.07, 6.45) is 0.716. The number of carbonyl (C=O) groups excluding carboxylic acids is 2. The number of ether oxygens (including phenoxy) is 1. The Kier molecular flexibility index (Phi) is 4.28. The summed E-state index contributed by atoms with van der Waals surface area (Å²) >= 11 is 7.52. The van der Waals surface area contributed by atoms with Gasteiger partial charge in [0.1, 0.15) is 5.75 Å². The van der Waals surface area contributed by atoms with Crippen LogP contribution in [-0.4, -0.2) is 24.0 Å². The molecule has 0 spiro atoms. The first-order chi connectivity index (χ1) is 11.0. The maximum Gasteiger partial charge on any atom is 0.278 e. The van der Waals surface area contributed by atoms with E-state index in [1.807, 2.05) is 17.5 Å². The number of carbonyl (C=O) groups is 2. The van der Waals surface area contributed by atoms with Crippen LogP contribution in [0.2, 0.25) is 5.02 Å². The van der Waals surface area contributed by atoms with Gasteiger partial charge in [0.15, 0.2) is 0 Å². The number of fused-ring (bicyclic) bond motifs is 1. The van der Waals surface area contributed by atoms with Crippen LogP contribution < -0.4 is 15.4 Å². The molecule has 2 amide bonds. The van der Waals surface area contributed by atoms with Gasteiger partial charge in [-0.05, 0) is 43.0 Å². The number of rotatable bonds is 4. The first-order valence-electron chi connectivity index (χ1n) is 7.10. The molecular formula is C16H15ClN2O3S. The molecule has 0 bridgehead atoms. The molecule has 1 aliphatic rings. The van der Waals surface area contributed by atoms with Crippen LogP contribution in [0.4, 0.5) is 5.69 Å². The number of thiophene rings is 1. The molecule has 2 heterocycles. The zero-order valence-corrected chi connectivity index (χ0v) is 14.0. The van der Waals surface area contributed by atoms with E-state index in [0.717, 1.165) is 0 Å². The number of nitrogens with one attached hydrogen (secondary N) is 2. The average Bonchev–Trinajstić information content (AvgIpc) is 3.02. The topological polar surface area (TPSA) is 67.4 Å². The fourth-order valence-electron chi connectivity index (χ4n) is 2.27. The fraction of sp³-hybridized carbons (Fsp3) is 0.250. The zero-order chi connectivity index (χ0) is 16.4. The van der Waals surface area contributed by atoms with Crippen molar-refractivity contribution in [3.8, 4) is 5.75 Å². The summed E-state index contributed by atoms with van der Waals surface area (Å²) in [5.41, 5.74) is -1.14. The third kappa shape index (κ3) is 3.18. The highest BCUT2D eigenvalue weighted by molar-refractivity contribution is 7.09. The van der Waals surface area contributed by atoms with E-state index < -0.39 is 17.4 Å². The summed E-state index contributed by atoms with van der Waals surface area (Å²) in [4.78, 5) is 25.9. The molecule has 120 valence electrons. The molecule has 2 aromatic rings. The van der Waals surface area contributed by atoms with Crippen molar-refractivity contribution in [3.63, 3.8) is 0 Å². The predicted octanol–water partition coefficient (Wildman–Crippen LogP) is 2.85. The Hall–Kier alpha value is -2.05. The van der Waals surface area contributed by atoms with E-state index in [-0.39, 0.29) is 0 Å². The van der Waals surface area contributed by atoms with E-state index >= 15 is 0 Å². The molecule has 1 aromatic heterocycles. The Morgan fingerprint density at radius 3 is 3.00 bits per heavy atom. The van der Waals surface area contributed by atoms with Crippen molar-refractivity contribution in [1.82, 2.24) is 5.32 Å². The van der Waals surface area contributed by atoms with E-state index in [1.54, 1.807) is 29.5 Å². The third-order valence-electron chi connectivity index (χ3n) is 3.61. The second kappa shape index (κ2) is 6.22. The van der Waals surface area contributed by atoms with Gasteiger partial charge in [-0.1, -0.05) is 17.7 Å². The first-order valence-corrected chi connectivity index (χ1v) is 8.35. The first kappa shape index (κ1) is 15.8. The molecule has 1 atom stereocenters. The molecule has 2 N–H and O–H groups in total. The smallest absolute Gasteiger partial charge is 0.278 e. The van der Waals surface area contributed by atoms with Gasteiger partial charge in [-0.2, -0.15) is 0 Å². The quantitative estimate of drug-likeness (QED) is 0.833. The van der Waals surface area contributed by atoms with Gasteiger partial charge in [0.25, 0.3) is 17.4 Å². The van der Waals surface area contributed by atoms with Crippen LogP contribution in [-0.2, 0) is 16.0 Å². The van der Waals surface area contributed by atoms with Crippen molar-refractivity contribution in [3.05, 3.63) is 45.6 Å². The molecule has 1 unspecified atom stereocenters. The lowest BCUT2D eigenvalue weighted by molar-refractivity contribution is -0.146. The Bertz CT molecular complexity index is 748.